The number of nitrogens with zero attached hydrogens (tertiary/aromatic N) is 1. The first-order valence-electron chi connectivity index (χ1n) is 8.26. The first-order chi connectivity index (χ1) is 12.0. The van der Waals surface area contributed by atoms with Crippen LogP contribution in [-0.4, -0.2) is 39.3 Å². The average Bonchev–Trinajstić information content (AvgIpc) is 3.23. The van der Waals surface area contributed by atoms with Gasteiger partial charge >= 0.3 is 0 Å². The molecule has 1 aliphatic rings. The number of thioether (sulfide) groups is 1. The number of nitrogens with one attached hydrogen (secondary N) is 1. The highest BCUT2D eigenvalue weighted by atomic mass is 32.2. The number of rotatable bonds is 4. The summed E-state index contributed by atoms with van der Waals surface area (Å²) in [5, 5.41) is 3.22. The van der Waals surface area contributed by atoms with Crippen LogP contribution in [0.15, 0.2) is 28.7 Å². The summed E-state index contributed by atoms with van der Waals surface area (Å²) in [6.45, 7) is 5.16. The molecule has 2 aromatic rings. The van der Waals surface area contributed by atoms with E-state index in [1.54, 1.807) is 6.07 Å². The third-order valence-corrected chi connectivity index (χ3v) is 5.75. The summed E-state index contributed by atoms with van der Waals surface area (Å²) in [5.74, 6) is -0.242. The van der Waals surface area contributed by atoms with Crippen LogP contribution >= 0.6 is 24.0 Å². The van der Waals surface area contributed by atoms with E-state index in [0.717, 1.165) is 35.6 Å². The molecule has 5 nitrogen and oxygen atoms in total. The predicted octanol–water partition coefficient (Wildman–Crippen LogP) is 4.08. The van der Waals surface area contributed by atoms with Crippen molar-refractivity contribution >= 4 is 56.6 Å². The molecule has 0 unspecified atom stereocenters. The Morgan fingerprint density at radius 3 is 2.64 bits per heavy atom. The van der Waals surface area contributed by atoms with Gasteiger partial charge < -0.3 is 14.6 Å². The van der Waals surface area contributed by atoms with Crippen molar-refractivity contribution in [2.24, 2.45) is 0 Å². The molecule has 1 fully saturated rings. The number of anilines is 1. The molecule has 1 amide bonds. The highest BCUT2D eigenvalue weighted by Gasteiger charge is 2.24. The van der Waals surface area contributed by atoms with E-state index in [9.17, 15) is 9.59 Å². The monoisotopic (exact) mass is 376 g/mol. The lowest BCUT2D eigenvalue weighted by molar-refractivity contribution is -0.115. The Hall–Kier alpha value is -1.86. The molecule has 7 heteroatoms. The van der Waals surface area contributed by atoms with Crippen molar-refractivity contribution in [1.29, 1.82) is 0 Å². The molecule has 0 spiro atoms. The van der Waals surface area contributed by atoms with Crippen LogP contribution in [0.25, 0.3) is 11.0 Å². The van der Waals surface area contributed by atoms with Gasteiger partial charge in [-0.1, -0.05) is 36.1 Å². The number of hydrogen-bond acceptors (Lipinski definition) is 5. The zero-order valence-electron chi connectivity index (χ0n) is 14.2. The molecule has 0 radical (unpaired) electrons. The lowest BCUT2D eigenvalue weighted by atomic mass is 10.2. The first kappa shape index (κ1) is 17.9. The molecule has 1 saturated heterocycles. The minimum atomic E-state index is -0.360. The van der Waals surface area contributed by atoms with E-state index < -0.39 is 0 Å². The van der Waals surface area contributed by atoms with E-state index in [4.69, 9.17) is 16.6 Å². The zero-order chi connectivity index (χ0) is 18.0. The van der Waals surface area contributed by atoms with Gasteiger partial charge in [-0.05, 0) is 31.9 Å². The summed E-state index contributed by atoms with van der Waals surface area (Å²) in [6, 6.07) is 7.28. The molecule has 1 N–H and O–H groups in total. The number of carbonyl (C=O) groups is 2. The van der Waals surface area contributed by atoms with Crippen molar-refractivity contribution in [1.82, 2.24) is 4.90 Å². The normalized spacial score (nSPS) is 15.4. The van der Waals surface area contributed by atoms with Gasteiger partial charge in [0, 0.05) is 25.4 Å². The quantitative estimate of drug-likeness (QED) is 0.641. The molecular formula is C18H20N2O3S2. The maximum atomic E-state index is 12.6. The van der Waals surface area contributed by atoms with E-state index in [2.05, 4.69) is 10.2 Å². The van der Waals surface area contributed by atoms with Crippen LogP contribution in [0.2, 0.25) is 0 Å². The number of ketones is 1. The van der Waals surface area contributed by atoms with E-state index in [1.807, 2.05) is 25.1 Å². The second kappa shape index (κ2) is 7.58. The molecule has 1 aromatic carbocycles. The Morgan fingerprint density at radius 2 is 1.96 bits per heavy atom. The lowest BCUT2D eigenvalue weighted by Gasteiger charge is -2.20. The predicted molar refractivity (Wildman–Crippen MR) is 105 cm³/mol. The second-order valence-corrected chi connectivity index (χ2v) is 8.04. The maximum Gasteiger partial charge on any atom is 0.237 e. The van der Waals surface area contributed by atoms with Crippen molar-refractivity contribution < 1.29 is 14.0 Å². The smallest absolute Gasteiger partial charge is 0.237 e. The number of carbonyl (C=O) groups excluding carboxylic acids is 2. The van der Waals surface area contributed by atoms with Crippen LogP contribution < -0.4 is 5.32 Å². The van der Waals surface area contributed by atoms with Crippen LogP contribution in [0.1, 0.15) is 37.2 Å². The summed E-state index contributed by atoms with van der Waals surface area (Å²) in [6.07, 6.45) is 2.29. The fourth-order valence-corrected chi connectivity index (χ4v) is 4.24. The third-order valence-electron chi connectivity index (χ3n) is 4.17. The maximum absolute atomic E-state index is 12.6. The van der Waals surface area contributed by atoms with Crippen LogP contribution in [0, 0.1) is 0 Å². The summed E-state index contributed by atoms with van der Waals surface area (Å²) in [7, 11) is 0. The lowest BCUT2D eigenvalue weighted by Crippen LogP contribution is -2.29. The fourth-order valence-electron chi connectivity index (χ4n) is 2.82. The van der Waals surface area contributed by atoms with Gasteiger partial charge in [-0.2, -0.15) is 0 Å². The molecule has 0 bridgehead atoms. The topological polar surface area (TPSA) is 62.6 Å². The minimum absolute atomic E-state index is 0.175. The standard InChI is InChI=1S/C18H20N2O3S2/c1-11(21)16-15(13-7-3-4-8-14(13)23-16)19-17(22)12(2)25-18(24)20-9-5-6-10-20/h3-4,7-8,12H,5-6,9-10H2,1-2H3,(H,19,22)/t12-/m1/s1. The molecule has 25 heavy (non-hydrogen) atoms. The van der Waals surface area contributed by atoms with Crippen molar-refractivity contribution in [3.63, 3.8) is 0 Å². The fraction of sp³-hybridized carbons (Fsp3) is 0.389. The molecular weight excluding hydrogens is 356 g/mol. The van der Waals surface area contributed by atoms with Gasteiger partial charge in [0.2, 0.25) is 5.91 Å². The van der Waals surface area contributed by atoms with Gasteiger partial charge in [0.05, 0.1) is 10.9 Å². The molecule has 1 atom stereocenters. The van der Waals surface area contributed by atoms with Crippen LogP contribution in [0.5, 0.6) is 0 Å². The first-order valence-corrected chi connectivity index (χ1v) is 9.55. The van der Waals surface area contributed by atoms with Crippen molar-refractivity contribution in [2.45, 2.75) is 31.9 Å². The Kier molecular flexibility index (Phi) is 5.44. The molecule has 0 aliphatic carbocycles. The highest BCUT2D eigenvalue weighted by molar-refractivity contribution is 8.23. The number of thiocarbonyl (C=S) groups is 1. The van der Waals surface area contributed by atoms with Gasteiger partial charge in [-0.25, -0.2) is 0 Å². The largest absolute Gasteiger partial charge is 0.451 e. The van der Waals surface area contributed by atoms with E-state index >= 15 is 0 Å². The number of para-hydroxylation sites is 1. The van der Waals surface area contributed by atoms with Gasteiger partial charge in [-0.15, -0.1) is 0 Å². The van der Waals surface area contributed by atoms with Crippen molar-refractivity contribution in [3.8, 4) is 0 Å². The summed E-state index contributed by atoms with van der Waals surface area (Å²) < 4.78 is 6.35. The molecule has 1 aromatic heterocycles. The van der Waals surface area contributed by atoms with Gasteiger partial charge in [0.25, 0.3) is 0 Å². The summed E-state index contributed by atoms with van der Waals surface area (Å²) in [4.78, 5) is 26.6. The number of benzene rings is 1. The van der Waals surface area contributed by atoms with Gasteiger partial charge in [0.15, 0.2) is 11.5 Å². The van der Waals surface area contributed by atoms with Crippen LogP contribution in [0.3, 0.4) is 0 Å². The number of likely N-dealkylation sites (tertiary alicyclic amines) is 1. The Balaban J connectivity index is 1.76. The Morgan fingerprint density at radius 1 is 1.28 bits per heavy atom. The molecule has 0 saturated carbocycles. The Labute approximate surface area is 156 Å². The van der Waals surface area contributed by atoms with E-state index in [1.165, 1.54) is 18.7 Å². The molecule has 132 valence electrons. The van der Waals surface area contributed by atoms with E-state index in [-0.39, 0.29) is 22.7 Å². The van der Waals surface area contributed by atoms with E-state index in [0.29, 0.717) is 11.3 Å². The molecule has 1 aliphatic heterocycles. The number of amides is 1. The summed E-state index contributed by atoms with van der Waals surface area (Å²) >= 11 is 6.81. The number of Topliss-reactive ketones (excluding diaryl/α,β-unsaturated/α-hetero) is 1. The van der Waals surface area contributed by atoms with Crippen LogP contribution in [0.4, 0.5) is 5.69 Å². The molecule has 3 rings (SSSR count). The third kappa shape index (κ3) is 3.88. The van der Waals surface area contributed by atoms with Crippen LogP contribution in [-0.2, 0) is 4.79 Å². The summed E-state index contributed by atoms with van der Waals surface area (Å²) in [5.41, 5.74) is 1.02. The number of fused-ring (bicyclic) bond motifs is 1. The minimum Gasteiger partial charge on any atom is -0.451 e. The second-order valence-electron chi connectivity index (χ2n) is 6.07. The van der Waals surface area contributed by atoms with Crippen molar-refractivity contribution in [2.75, 3.05) is 18.4 Å². The highest BCUT2D eigenvalue weighted by Crippen LogP contribution is 2.32. The zero-order valence-corrected chi connectivity index (χ0v) is 15.8. The average molecular weight is 377 g/mol. The van der Waals surface area contributed by atoms with Gasteiger partial charge in [-0.3, -0.25) is 9.59 Å². The number of furan rings is 1. The number of hydrogen-bond donors (Lipinski definition) is 1. The van der Waals surface area contributed by atoms with Crippen molar-refractivity contribution in [3.05, 3.63) is 30.0 Å². The Bertz CT molecular complexity index is 825. The van der Waals surface area contributed by atoms with Gasteiger partial charge in [0.1, 0.15) is 9.90 Å². The molecule has 2 heterocycles. The SMILES string of the molecule is CC(=O)c1oc2ccccc2c1NC(=O)[C@@H](C)SC(=S)N1CCCC1.